The summed E-state index contributed by atoms with van der Waals surface area (Å²) in [7, 11) is 3.63. The molecule has 0 fully saturated rings. The fourth-order valence-electron chi connectivity index (χ4n) is 1.45. The van der Waals surface area contributed by atoms with Crippen molar-refractivity contribution in [2.24, 2.45) is 0 Å². The van der Waals surface area contributed by atoms with Crippen LogP contribution in [-0.2, 0) is 4.74 Å². The molecule has 0 aromatic carbocycles. The van der Waals surface area contributed by atoms with E-state index in [1.54, 1.807) is 25.2 Å². The summed E-state index contributed by atoms with van der Waals surface area (Å²) in [6, 6.07) is 0.304. The highest BCUT2D eigenvalue weighted by atomic mass is 32.2. The summed E-state index contributed by atoms with van der Waals surface area (Å²) in [5, 5.41) is 4.12. The van der Waals surface area contributed by atoms with Crippen LogP contribution in [-0.4, -0.2) is 52.5 Å². The van der Waals surface area contributed by atoms with Crippen LogP contribution in [0, 0.1) is 0 Å². The van der Waals surface area contributed by atoms with Gasteiger partial charge in [0.05, 0.1) is 12.9 Å². The molecule has 2 rings (SSSR count). The number of nitrogens with zero attached hydrogens (tertiary/aromatic N) is 3. The number of aromatic amines is 1. The maximum atomic E-state index is 5.13. The molecule has 17 heavy (non-hydrogen) atoms. The second-order valence-electron chi connectivity index (χ2n) is 3.53. The molecule has 0 saturated carbocycles. The molecule has 0 bridgehead atoms. The van der Waals surface area contributed by atoms with Gasteiger partial charge in [-0.1, -0.05) is 0 Å². The van der Waals surface area contributed by atoms with Gasteiger partial charge in [-0.3, -0.25) is 0 Å². The number of thioether (sulfide) groups is 1. The van der Waals surface area contributed by atoms with Crippen molar-refractivity contribution in [2.45, 2.75) is 11.1 Å². The molecule has 2 aromatic rings. The van der Waals surface area contributed by atoms with E-state index in [4.69, 9.17) is 4.74 Å². The van der Waals surface area contributed by atoms with Crippen LogP contribution < -0.4 is 5.32 Å². The van der Waals surface area contributed by atoms with Crippen LogP contribution in [0.15, 0.2) is 17.7 Å². The quantitative estimate of drug-likeness (QED) is 0.582. The predicted molar refractivity (Wildman–Crippen MR) is 67.1 cm³/mol. The zero-order chi connectivity index (χ0) is 12.1. The molecule has 1 atom stereocenters. The van der Waals surface area contributed by atoms with Crippen LogP contribution in [0.5, 0.6) is 0 Å². The molecule has 6 nitrogen and oxygen atoms in total. The third-order valence-corrected chi connectivity index (χ3v) is 3.54. The van der Waals surface area contributed by atoms with Crippen molar-refractivity contribution in [1.29, 1.82) is 0 Å². The van der Waals surface area contributed by atoms with Crippen molar-refractivity contribution in [1.82, 2.24) is 25.3 Å². The lowest BCUT2D eigenvalue weighted by Gasteiger charge is -2.13. The van der Waals surface area contributed by atoms with Gasteiger partial charge < -0.3 is 15.0 Å². The minimum absolute atomic E-state index is 0.304. The van der Waals surface area contributed by atoms with Gasteiger partial charge >= 0.3 is 0 Å². The Morgan fingerprint density at radius 1 is 1.47 bits per heavy atom. The fourth-order valence-corrected chi connectivity index (χ4v) is 2.49. The molecule has 0 aliphatic heterocycles. The lowest BCUT2D eigenvalue weighted by Crippen LogP contribution is -2.32. The molecule has 0 aliphatic carbocycles. The van der Waals surface area contributed by atoms with Crippen LogP contribution in [0.4, 0.5) is 0 Å². The van der Waals surface area contributed by atoms with Crippen LogP contribution >= 0.6 is 11.8 Å². The van der Waals surface area contributed by atoms with E-state index in [9.17, 15) is 0 Å². The number of fused-ring (bicyclic) bond motifs is 1. The summed E-state index contributed by atoms with van der Waals surface area (Å²) in [4.78, 5) is 15.5. The number of hydrogen-bond acceptors (Lipinski definition) is 6. The van der Waals surface area contributed by atoms with Crippen LogP contribution in [0.25, 0.3) is 11.2 Å². The Kier molecular flexibility index (Phi) is 4.29. The van der Waals surface area contributed by atoms with Gasteiger partial charge in [0.15, 0.2) is 5.65 Å². The van der Waals surface area contributed by atoms with E-state index in [1.165, 1.54) is 6.33 Å². The average molecular weight is 253 g/mol. The Bertz CT molecular complexity index is 474. The molecule has 0 aliphatic rings. The number of hydrogen-bond donors (Lipinski definition) is 2. The third kappa shape index (κ3) is 2.93. The summed E-state index contributed by atoms with van der Waals surface area (Å²) in [6.45, 7) is 0.681. The molecule has 0 saturated heterocycles. The van der Waals surface area contributed by atoms with Gasteiger partial charge in [-0.15, -0.1) is 11.8 Å². The SMILES string of the molecule is CNC(COC)CSc1ncnc2nc[nH]c12. The van der Waals surface area contributed by atoms with Crippen molar-refractivity contribution < 1.29 is 4.74 Å². The monoisotopic (exact) mass is 253 g/mol. The minimum Gasteiger partial charge on any atom is -0.383 e. The molecule has 2 N–H and O–H groups in total. The number of imidazole rings is 1. The Morgan fingerprint density at radius 2 is 2.35 bits per heavy atom. The maximum Gasteiger partial charge on any atom is 0.181 e. The van der Waals surface area contributed by atoms with Gasteiger partial charge in [-0.05, 0) is 7.05 Å². The third-order valence-electron chi connectivity index (χ3n) is 2.39. The largest absolute Gasteiger partial charge is 0.383 e. The number of nitrogens with one attached hydrogen (secondary N) is 2. The van der Waals surface area contributed by atoms with E-state index in [2.05, 4.69) is 25.3 Å². The van der Waals surface area contributed by atoms with Crippen molar-refractivity contribution in [3.05, 3.63) is 12.7 Å². The van der Waals surface area contributed by atoms with Gasteiger partial charge in [0.25, 0.3) is 0 Å². The van der Waals surface area contributed by atoms with E-state index in [0.29, 0.717) is 18.3 Å². The second kappa shape index (κ2) is 5.95. The van der Waals surface area contributed by atoms with Crippen molar-refractivity contribution in [3.8, 4) is 0 Å². The lowest BCUT2D eigenvalue weighted by atomic mass is 10.4. The first-order valence-electron chi connectivity index (χ1n) is 5.28. The lowest BCUT2D eigenvalue weighted by molar-refractivity contribution is 0.177. The summed E-state index contributed by atoms with van der Waals surface area (Å²) in [6.07, 6.45) is 3.17. The predicted octanol–water partition coefficient (Wildman–Crippen LogP) is 0.679. The summed E-state index contributed by atoms with van der Waals surface area (Å²) >= 11 is 1.66. The van der Waals surface area contributed by atoms with Gasteiger partial charge in [0.1, 0.15) is 16.9 Å². The minimum atomic E-state index is 0.304. The molecule has 0 amide bonds. The standard InChI is InChI=1S/C10H15N5OS/c1-11-7(3-16-2)4-17-10-8-9(13-5-12-8)14-6-15-10/h5-7,11H,3-4H2,1-2H3,(H,12,13,14,15). The molecule has 1 unspecified atom stereocenters. The summed E-state index contributed by atoms with van der Waals surface area (Å²) < 4.78 is 5.13. The van der Waals surface area contributed by atoms with Crippen LogP contribution in [0.2, 0.25) is 0 Å². The van der Waals surface area contributed by atoms with E-state index in [0.717, 1.165) is 16.3 Å². The number of H-pyrrole nitrogens is 1. The number of methoxy groups -OCH3 is 1. The second-order valence-corrected chi connectivity index (χ2v) is 4.54. The van der Waals surface area contributed by atoms with Crippen molar-refractivity contribution >= 4 is 22.9 Å². The molecule has 0 spiro atoms. The molecule has 7 heteroatoms. The Hall–Kier alpha value is -1.18. The summed E-state index contributed by atoms with van der Waals surface area (Å²) in [5.41, 5.74) is 1.60. The van der Waals surface area contributed by atoms with Crippen LogP contribution in [0.3, 0.4) is 0 Å². The number of ether oxygens (including phenoxy) is 1. The maximum absolute atomic E-state index is 5.13. The highest BCUT2D eigenvalue weighted by Gasteiger charge is 2.10. The first kappa shape index (κ1) is 12.3. The fraction of sp³-hybridized carbons (Fsp3) is 0.500. The molecular weight excluding hydrogens is 238 g/mol. The Labute approximate surface area is 104 Å². The summed E-state index contributed by atoms with van der Waals surface area (Å²) in [5.74, 6) is 0.884. The highest BCUT2D eigenvalue weighted by Crippen LogP contribution is 2.22. The zero-order valence-corrected chi connectivity index (χ0v) is 10.6. The molecule has 2 aromatic heterocycles. The van der Waals surface area contributed by atoms with Crippen molar-refractivity contribution in [2.75, 3.05) is 26.5 Å². The molecule has 0 radical (unpaired) electrons. The number of aromatic nitrogens is 4. The molecular formula is C10H15N5OS. The van der Waals surface area contributed by atoms with Gasteiger partial charge in [0.2, 0.25) is 0 Å². The Morgan fingerprint density at radius 3 is 3.12 bits per heavy atom. The van der Waals surface area contributed by atoms with Crippen LogP contribution in [0.1, 0.15) is 0 Å². The molecule has 92 valence electrons. The number of likely N-dealkylation sites (N-methyl/N-ethyl adjacent to an activating group) is 1. The van der Waals surface area contributed by atoms with E-state index in [1.807, 2.05) is 7.05 Å². The highest BCUT2D eigenvalue weighted by molar-refractivity contribution is 7.99. The van der Waals surface area contributed by atoms with Gasteiger partial charge in [0, 0.05) is 18.9 Å². The zero-order valence-electron chi connectivity index (χ0n) is 9.80. The first-order chi connectivity index (χ1) is 8.35. The van der Waals surface area contributed by atoms with E-state index >= 15 is 0 Å². The smallest absolute Gasteiger partial charge is 0.181 e. The van der Waals surface area contributed by atoms with Gasteiger partial charge in [-0.2, -0.15) is 0 Å². The van der Waals surface area contributed by atoms with Gasteiger partial charge in [-0.25, -0.2) is 15.0 Å². The average Bonchev–Trinajstić information content (AvgIpc) is 2.83. The normalized spacial score (nSPS) is 13.1. The topological polar surface area (TPSA) is 75.7 Å². The number of rotatable bonds is 6. The molecule has 2 heterocycles. The Balaban J connectivity index is 2.05. The first-order valence-corrected chi connectivity index (χ1v) is 6.26. The van der Waals surface area contributed by atoms with E-state index < -0.39 is 0 Å². The van der Waals surface area contributed by atoms with Crippen molar-refractivity contribution in [3.63, 3.8) is 0 Å². The van der Waals surface area contributed by atoms with E-state index in [-0.39, 0.29) is 0 Å².